The van der Waals surface area contributed by atoms with Crippen LogP contribution in [0.5, 0.6) is 0 Å². The lowest BCUT2D eigenvalue weighted by atomic mass is 10.1. The van der Waals surface area contributed by atoms with Crippen molar-refractivity contribution in [2.75, 3.05) is 11.4 Å². The minimum atomic E-state index is -3.64. The second kappa shape index (κ2) is 5.63. The number of rotatable bonds is 3. The summed E-state index contributed by atoms with van der Waals surface area (Å²) in [7, 11) is -2.10. The molecular formula is C17H14ClNO2S. The Morgan fingerprint density at radius 1 is 0.864 bits per heavy atom. The molecule has 0 radical (unpaired) electrons. The highest BCUT2D eigenvalue weighted by atomic mass is 35.5. The topological polar surface area (TPSA) is 37.4 Å². The van der Waals surface area contributed by atoms with Crippen molar-refractivity contribution < 1.29 is 8.42 Å². The molecule has 0 saturated heterocycles. The first kappa shape index (κ1) is 14.9. The van der Waals surface area contributed by atoms with Crippen LogP contribution < -0.4 is 4.31 Å². The van der Waals surface area contributed by atoms with E-state index in [1.165, 1.54) is 4.31 Å². The molecule has 5 heteroatoms. The van der Waals surface area contributed by atoms with Crippen LogP contribution in [0.15, 0.2) is 71.6 Å². The number of sulfonamides is 1. The van der Waals surface area contributed by atoms with Gasteiger partial charge in [0, 0.05) is 17.5 Å². The lowest BCUT2D eigenvalue weighted by Crippen LogP contribution is -2.26. The van der Waals surface area contributed by atoms with Crippen molar-refractivity contribution >= 4 is 38.1 Å². The second-order valence-electron chi connectivity index (χ2n) is 4.93. The number of hydrogen-bond acceptors (Lipinski definition) is 2. The normalized spacial score (nSPS) is 11.5. The smallest absolute Gasteiger partial charge is 0.264 e. The van der Waals surface area contributed by atoms with Gasteiger partial charge in [0.25, 0.3) is 10.0 Å². The Morgan fingerprint density at radius 2 is 1.50 bits per heavy atom. The minimum absolute atomic E-state index is 0.294. The third-order valence-electron chi connectivity index (χ3n) is 3.58. The molecule has 3 nitrogen and oxygen atoms in total. The van der Waals surface area contributed by atoms with Crippen LogP contribution in [-0.2, 0) is 10.0 Å². The van der Waals surface area contributed by atoms with Gasteiger partial charge in [-0.15, -0.1) is 0 Å². The summed E-state index contributed by atoms with van der Waals surface area (Å²) < 4.78 is 27.1. The Labute approximate surface area is 134 Å². The molecule has 0 bridgehead atoms. The van der Waals surface area contributed by atoms with Crippen molar-refractivity contribution in [3.8, 4) is 0 Å². The molecule has 0 aliphatic carbocycles. The summed E-state index contributed by atoms with van der Waals surface area (Å²) in [6.45, 7) is 0. The van der Waals surface area contributed by atoms with Crippen molar-refractivity contribution in [1.29, 1.82) is 0 Å². The summed E-state index contributed by atoms with van der Waals surface area (Å²) in [4.78, 5) is 0.294. The summed E-state index contributed by atoms with van der Waals surface area (Å²) >= 11 is 5.86. The fraction of sp³-hybridized carbons (Fsp3) is 0.0588. The Morgan fingerprint density at radius 3 is 2.23 bits per heavy atom. The Hall–Kier alpha value is -2.04. The molecule has 0 aliphatic rings. The van der Waals surface area contributed by atoms with E-state index in [2.05, 4.69) is 0 Å². The molecule has 3 aromatic carbocycles. The first-order valence-electron chi connectivity index (χ1n) is 6.72. The Balaban J connectivity index is 2.14. The molecule has 0 heterocycles. The van der Waals surface area contributed by atoms with Gasteiger partial charge in [-0.2, -0.15) is 0 Å². The summed E-state index contributed by atoms with van der Waals surface area (Å²) in [6.07, 6.45) is 0. The van der Waals surface area contributed by atoms with Crippen molar-refractivity contribution in [3.63, 3.8) is 0 Å². The van der Waals surface area contributed by atoms with Gasteiger partial charge >= 0.3 is 0 Å². The van der Waals surface area contributed by atoms with E-state index in [4.69, 9.17) is 11.6 Å². The summed E-state index contributed by atoms with van der Waals surface area (Å²) in [6, 6.07) is 19.4. The molecule has 3 aromatic rings. The van der Waals surface area contributed by atoms with Crippen molar-refractivity contribution in [1.82, 2.24) is 0 Å². The van der Waals surface area contributed by atoms with Gasteiger partial charge < -0.3 is 0 Å². The molecule has 0 amide bonds. The van der Waals surface area contributed by atoms with Crippen molar-refractivity contribution in [3.05, 3.63) is 71.8 Å². The highest BCUT2D eigenvalue weighted by Gasteiger charge is 2.23. The van der Waals surface area contributed by atoms with Gasteiger partial charge in [-0.1, -0.05) is 48.0 Å². The maximum atomic E-state index is 12.9. The van der Waals surface area contributed by atoms with E-state index in [0.717, 1.165) is 5.39 Å². The molecule has 112 valence electrons. The molecule has 0 atom stereocenters. The van der Waals surface area contributed by atoms with Gasteiger partial charge in [0.1, 0.15) is 0 Å². The predicted octanol–water partition coefficient (Wildman–Crippen LogP) is 4.32. The third-order valence-corrected chi connectivity index (χ3v) is 5.67. The van der Waals surface area contributed by atoms with Gasteiger partial charge in [0.2, 0.25) is 0 Å². The monoisotopic (exact) mass is 331 g/mol. The first-order valence-corrected chi connectivity index (χ1v) is 8.54. The lowest BCUT2D eigenvalue weighted by molar-refractivity contribution is 0.595. The highest BCUT2D eigenvalue weighted by molar-refractivity contribution is 7.93. The standard InChI is InChI=1S/C17H14ClNO2S/c1-19(15-11-9-14(18)10-12-15)22(20,21)17-8-4-6-13-5-2-3-7-16(13)17/h2-12H,1H3. The maximum absolute atomic E-state index is 12.9. The van der Waals surface area contributed by atoms with Crippen LogP contribution in [0.2, 0.25) is 5.02 Å². The number of nitrogens with zero attached hydrogens (tertiary/aromatic N) is 1. The molecular weight excluding hydrogens is 318 g/mol. The molecule has 0 spiro atoms. The van der Waals surface area contributed by atoms with E-state index in [1.807, 2.05) is 30.3 Å². The Bertz CT molecular complexity index is 916. The molecule has 0 aliphatic heterocycles. The van der Waals surface area contributed by atoms with Crippen LogP contribution in [-0.4, -0.2) is 15.5 Å². The molecule has 0 saturated carbocycles. The van der Waals surface area contributed by atoms with Gasteiger partial charge in [0.05, 0.1) is 10.6 Å². The van der Waals surface area contributed by atoms with E-state index < -0.39 is 10.0 Å². The predicted molar refractivity (Wildman–Crippen MR) is 91.0 cm³/mol. The average Bonchev–Trinajstić information content (AvgIpc) is 2.54. The number of fused-ring (bicyclic) bond motifs is 1. The molecule has 0 aromatic heterocycles. The largest absolute Gasteiger partial charge is 0.269 e. The maximum Gasteiger partial charge on any atom is 0.264 e. The zero-order valence-corrected chi connectivity index (χ0v) is 13.5. The van der Waals surface area contributed by atoms with E-state index in [0.29, 0.717) is 21.0 Å². The zero-order chi connectivity index (χ0) is 15.7. The number of halogens is 1. The molecule has 22 heavy (non-hydrogen) atoms. The van der Waals surface area contributed by atoms with Crippen molar-refractivity contribution in [2.24, 2.45) is 0 Å². The summed E-state index contributed by atoms with van der Waals surface area (Å²) in [5.74, 6) is 0. The van der Waals surface area contributed by atoms with Gasteiger partial charge in [0.15, 0.2) is 0 Å². The van der Waals surface area contributed by atoms with E-state index in [1.54, 1.807) is 43.4 Å². The first-order chi connectivity index (χ1) is 10.5. The van der Waals surface area contributed by atoms with E-state index in [9.17, 15) is 8.42 Å². The van der Waals surface area contributed by atoms with Crippen LogP contribution in [0.4, 0.5) is 5.69 Å². The number of hydrogen-bond donors (Lipinski definition) is 0. The van der Waals surface area contributed by atoms with Gasteiger partial charge in [-0.25, -0.2) is 8.42 Å². The lowest BCUT2D eigenvalue weighted by Gasteiger charge is -2.20. The second-order valence-corrected chi connectivity index (χ2v) is 7.30. The molecule has 3 rings (SSSR count). The highest BCUT2D eigenvalue weighted by Crippen LogP contribution is 2.28. The fourth-order valence-corrected chi connectivity index (χ4v) is 3.89. The fourth-order valence-electron chi connectivity index (χ4n) is 2.36. The third kappa shape index (κ3) is 2.56. The summed E-state index contributed by atoms with van der Waals surface area (Å²) in [5.41, 5.74) is 0.567. The van der Waals surface area contributed by atoms with E-state index >= 15 is 0 Å². The van der Waals surface area contributed by atoms with Gasteiger partial charge in [-0.3, -0.25) is 4.31 Å². The number of benzene rings is 3. The quantitative estimate of drug-likeness (QED) is 0.716. The van der Waals surface area contributed by atoms with Crippen LogP contribution in [0.3, 0.4) is 0 Å². The molecule has 0 unspecified atom stereocenters. The molecule has 0 fully saturated rings. The van der Waals surface area contributed by atoms with E-state index in [-0.39, 0.29) is 0 Å². The van der Waals surface area contributed by atoms with Crippen LogP contribution in [0.25, 0.3) is 10.8 Å². The minimum Gasteiger partial charge on any atom is -0.269 e. The summed E-state index contributed by atoms with van der Waals surface area (Å²) in [5, 5.41) is 2.18. The molecule has 0 N–H and O–H groups in total. The van der Waals surface area contributed by atoms with Crippen LogP contribution in [0.1, 0.15) is 0 Å². The zero-order valence-electron chi connectivity index (χ0n) is 11.9. The van der Waals surface area contributed by atoms with Crippen molar-refractivity contribution in [2.45, 2.75) is 4.90 Å². The SMILES string of the molecule is CN(c1ccc(Cl)cc1)S(=O)(=O)c1cccc2ccccc12. The van der Waals surface area contributed by atoms with Gasteiger partial charge in [-0.05, 0) is 35.7 Å². The average molecular weight is 332 g/mol. The van der Waals surface area contributed by atoms with Crippen LogP contribution >= 0.6 is 11.6 Å². The number of anilines is 1. The van der Waals surface area contributed by atoms with Crippen LogP contribution in [0, 0.1) is 0 Å². The Kier molecular flexibility index (Phi) is 3.81.